The van der Waals surface area contributed by atoms with Crippen LogP contribution in [0.25, 0.3) is 0 Å². The summed E-state index contributed by atoms with van der Waals surface area (Å²) < 4.78 is 5.25. The third-order valence-electron chi connectivity index (χ3n) is 3.99. The molecule has 0 aliphatic carbocycles. The molecule has 0 saturated carbocycles. The van der Waals surface area contributed by atoms with Gasteiger partial charge in [0.1, 0.15) is 5.75 Å². The molecule has 106 valence electrons. The lowest BCUT2D eigenvalue weighted by Gasteiger charge is -2.35. The number of rotatable bonds is 4. The molecular weight excluding hydrogens is 236 g/mol. The summed E-state index contributed by atoms with van der Waals surface area (Å²) in [7, 11) is 1.71. The van der Waals surface area contributed by atoms with E-state index in [4.69, 9.17) is 4.74 Å². The van der Waals surface area contributed by atoms with Crippen LogP contribution in [0.15, 0.2) is 24.3 Å². The summed E-state index contributed by atoms with van der Waals surface area (Å²) >= 11 is 0. The Bertz CT molecular complexity index is 384. The van der Waals surface area contributed by atoms with Crippen LogP contribution >= 0.6 is 0 Å². The minimum absolute atomic E-state index is 0.394. The zero-order valence-electron chi connectivity index (χ0n) is 12.8. The largest absolute Gasteiger partial charge is 0.497 e. The summed E-state index contributed by atoms with van der Waals surface area (Å²) in [5.41, 5.74) is 1.36. The smallest absolute Gasteiger partial charge is 0.118 e. The Hall–Kier alpha value is -1.06. The van der Waals surface area contributed by atoms with Crippen LogP contribution < -0.4 is 4.74 Å². The van der Waals surface area contributed by atoms with Crippen molar-refractivity contribution in [2.24, 2.45) is 0 Å². The van der Waals surface area contributed by atoms with Gasteiger partial charge in [0.05, 0.1) is 13.3 Å². The van der Waals surface area contributed by atoms with E-state index in [-0.39, 0.29) is 0 Å². The van der Waals surface area contributed by atoms with Crippen LogP contribution in [0.1, 0.15) is 39.4 Å². The predicted molar refractivity (Wildman–Crippen MR) is 79.4 cm³/mol. The number of ether oxygens (including phenoxy) is 1. The van der Waals surface area contributed by atoms with E-state index in [0.717, 1.165) is 18.8 Å². The highest BCUT2D eigenvalue weighted by Crippen LogP contribution is 2.33. The van der Waals surface area contributed by atoms with Crippen LogP contribution in [0.4, 0.5) is 0 Å². The van der Waals surface area contributed by atoms with E-state index in [2.05, 4.69) is 61.8 Å². The van der Waals surface area contributed by atoms with Crippen LogP contribution in [0.5, 0.6) is 5.75 Å². The van der Waals surface area contributed by atoms with Crippen molar-refractivity contribution in [2.75, 3.05) is 20.2 Å². The molecule has 1 aromatic carbocycles. The Kier molecular flexibility index (Phi) is 4.48. The highest BCUT2D eigenvalue weighted by molar-refractivity contribution is 5.29. The molecule has 1 aromatic rings. The van der Waals surface area contributed by atoms with Gasteiger partial charge in [0.25, 0.3) is 0 Å². The SMILES string of the molecule is COc1ccc(C2N(C(C)C)CCN2C(C)C)cc1. The number of methoxy groups -OCH3 is 1. The van der Waals surface area contributed by atoms with Gasteiger partial charge in [0, 0.05) is 25.2 Å². The van der Waals surface area contributed by atoms with Crippen molar-refractivity contribution < 1.29 is 4.74 Å². The summed E-state index contributed by atoms with van der Waals surface area (Å²) in [4.78, 5) is 5.14. The van der Waals surface area contributed by atoms with Crippen LogP contribution in [-0.4, -0.2) is 42.1 Å². The molecule has 0 spiro atoms. The molecule has 0 aromatic heterocycles. The van der Waals surface area contributed by atoms with Gasteiger partial charge < -0.3 is 4.74 Å². The molecule has 2 rings (SSSR count). The Morgan fingerprint density at radius 1 is 0.947 bits per heavy atom. The minimum Gasteiger partial charge on any atom is -0.497 e. The van der Waals surface area contributed by atoms with Gasteiger partial charge in [-0.25, -0.2) is 0 Å². The highest BCUT2D eigenvalue weighted by atomic mass is 16.5. The molecule has 1 heterocycles. The molecule has 1 aliphatic heterocycles. The van der Waals surface area contributed by atoms with Crippen molar-refractivity contribution in [1.82, 2.24) is 9.80 Å². The van der Waals surface area contributed by atoms with Gasteiger partial charge in [0.2, 0.25) is 0 Å². The molecule has 0 bridgehead atoms. The summed E-state index contributed by atoms with van der Waals surface area (Å²) in [6.45, 7) is 11.4. The first-order valence-electron chi connectivity index (χ1n) is 7.20. The number of hydrogen-bond acceptors (Lipinski definition) is 3. The summed E-state index contributed by atoms with van der Waals surface area (Å²) in [5.74, 6) is 0.925. The van der Waals surface area contributed by atoms with Crippen LogP contribution in [0.3, 0.4) is 0 Å². The first-order valence-corrected chi connectivity index (χ1v) is 7.20. The van der Waals surface area contributed by atoms with E-state index >= 15 is 0 Å². The van der Waals surface area contributed by atoms with Gasteiger partial charge in [-0.1, -0.05) is 12.1 Å². The van der Waals surface area contributed by atoms with E-state index in [1.807, 2.05) is 0 Å². The van der Waals surface area contributed by atoms with Crippen molar-refractivity contribution in [3.05, 3.63) is 29.8 Å². The lowest BCUT2D eigenvalue weighted by molar-refractivity contribution is 0.0895. The fourth-order valence-electron chi connectivity index (χ4n) is 2.91. The zero-order valence-corrected chi connectivity index (χ0v) is 12.8. The van der Waals surface area contributed by atoms with Crippen molar-refractivity contribution in [3.63, 3.8) is 0 Å². The van der Waals surface area contributed by atoms with Crippen molar-refractivity contribution in [1.29, 1.82) is 0 Å². The first-order chi connectivity index (χ1) is 9.04. The molecule has 1 fully saturated rings. The second-order valence-corrected chi connectivity index (χ2v) is 5.81. The Morgan fingerprint density at radius 2 is 1.42 bits per heavy atom. The lowest BCUT2D eigenvalue weighted by atomic mass is 10.1. The molecule has 19 heavy (non-hydrogen) atoms. The average molecular weight is 262 g/mol. The molecule has 0 radical (unpaired) electrons. The molecular formula is C16H26N2O. The first kappa shape index (κ1) is 14.4. The second kappa shape index (κ2) is 5.93. The molecule has 3 heteroatoms. The maximum absolute atomic E-state index is 5.25. The Labute approximate surface area is 117 Å². The van der Waals surface area contributed by atoms with Crippen molar-refractivity contribution in [3.8, 4) is 5.75 Å². The van der Waals surface area contributed by atoms with E-state index in [0.29, 0.717) is 18.2 Å². The third-order valence-corrected chi connectivity index (χ3v) is 3.99. The second-order valence-electron chi connectivity index (χ2n) is 5.81. The third kappa shape index (κ3) is 2.93. The normalized spacial score (nSPS) is 18.7. The molecule has 0 N–H and O–H groups in total. The number of nitrogens with zero attached hydrogens (tertiary/aromatic N) is 2. The molecule has 3 nitrogen and oxygen atoms in total. The zero-order chi connectivity index (χ0) is 14.0. The summed E-state index contributed by atoms with van der Waals surface area (Å²) in [6, 6.07) is 9.64. The van der Waals surface area contributed by atoms with E-state index in [1.54, 1.807) is 7.11 Å². The van der Waals surface area contributed by atoms with Gasteiger partial charge in [-0.2, -0.15) is 0 Å². The molecule has 0 unspecified atom stereocenters. The monoisotopic (exact) mass is 262 g/mol. The van der Waals surface area contributed by atoms with Gasteiger partial charge in [-0.15, -0.1) is 0 Å². The van der Waals surface area contributed by atoms with Crippen LogP contribution in [0.2, 0.25) is 0 Å². The fraction of sp³-hybridized carbons (Fsp3) is 0.625. The molecule has 0 atom stereocenters. The van der Waals surface area contributed by atoms with Gasteiger partial charge in [-0.05, 0) is 45.4 Å². The van der Waals surface area contributed by atoms with Gasteiger partial charge in [0.15, 0.2) is 0 Å². The highest BCUT2D eigenvalue weighted by Gasteiger charge is 2.35. The standard InChI is InChI=1S/C16H26N2O/c1-12(2)17-10-11-18(13(3)4)16(17)14-6-8-15(19-5)9-7-14/h6-9,12-13,16H,10-11H2,1-5H3. The van der Waals surface area contributed by atoms with Gasteiger partial charge in [-0.3, -0.25) is 9.80 Å². The molecule has 0 amide bonds. The van der Waals surface area contributed by atoms with Crippen LogP contribution in [0, 0.1) is 0 Å². The topological polar surface area (TPSA) is 15.7 Å². The fourth-order valence-corrected chi connectivity index (χ4v) is 2.91. The van der Waals surface area contributed by atoms with E-state index in [9.17, 15) is 0 Å². The Morgan fingerprint density at radius 3 is 1.79 bits per heavy atom. The predicted octanol–water partition coefficient (Wildman–Crippen LogP) is 3.13. The van der Waals surface area contributed by atoms with Crippen molar-refractivity contribution >= 4 is 0 Å². The number of benzene rings is 1. The average Bonchev–Trinajstić information content (AvgIpc) is 2.83. The lowest BCUT2D eigenvalue weighted by Crippen LogP contribution is -2.37. The van der Waals surface area contributed by atoms with E-state index < -0.39 is 0 Å². The maximum Gasteiger partial charge on any atom is 0.118 e. The van der Waals surface area contributed by atoms with Crippen LogP contribution in [-0.2, 0) is 0 Å². The van der Waals surface area contributed by atoms with Gasteiger partial charge >= 0.3 is 0 Å². The maximum atomic E-state index is 5.25. The number of hydrogen-bond donors (Lipinski definition) is 0. The quantitative estimate of drug-likeness (QED) is 0.829. The minimum atomic E-state index is 0.394. The Balaban J connectivity index is 2.29. The molecule has 1 saturated heterocycles. The summed E-state index contributed by atoms with van der Waals surface area (Å²) in [6.07, 6.45) is 0.394. The molecule has 1 aliphatic rings. The summed E-state index contributed by atoms with van der Waals surface area (Å²) in [5, 5.41) is 0. The van der Waals surface area contributed by atoms with Crippen molar-refractivity contribution in [2.45, 2.75) is 45.9 Å². The van der Waals surface area contributed by atoms with E-state index in [1.165, 1.54) is 5.56 Å².